The molecule has 1 amide bonds. The van der Waals surface area contributed by atoms with Gasteiger partial charge >= 0.3 is 0 Å². The number of tetrazole rings is 1. The van der Waals surface area contributed by atoms with Crippen LogP contribution in [0.5, 0.6) is 0 Å². The highest BCUT2D eigenvalue weighted by Gasteiger charge is 2.21. The second kappa shape index (κ2) is 5.98. The summed E-state index contributed by atoms with van der Waals surface area (Å²) in [6, 6.07) is 7.05. The van der Waals surface area contributed by atoms with Crippen molar-refractivity contribution < 1.29 is 9.53 Å². The number of morpholine rings is 1. The third-order valence-electron chi connectivity index (χ3n) is 3.22. The second-order valence-corrected chi connectivity index (χ2v) is 4.76. The molecule has 0 radical (unpaired) electrons. The van der Waals surface area contributed by atoms with Gasteiger partial charge in [-0.3, -0.25) is 4.79 Å². The topological polar surface area (TPSA) is 94.0 Å². The number of carbonyl (C=O) groups excluding carboxylic acids is 1. The van der Waals surface area contributed by atoms with Gasteiger partial charge in [0, 0.05) is 12.2 Å². The van der Waals surface area contributed by atoms with Gasteiger partial charge in [0.2, 0.25) is 5.91 Å². The number of ether oxygens (including phenoxy) is 1. The van der Waals surface area contributed by atoms with E-state index in [-0.39, 0.29) is 11.9 Å². The summed E-state index contributed by atoms with van der Waals surface area (Å²) < 4.78 is 6.89. The van der Waals surface area contributed by atoms with Crippen LogP contribution >= 0.6 is 0 Å². The van der Waals surface area contributed by atoms with Gasteiger partial charge in [-0.1, -0.05) is 6.07 Å². The molecule has 1 saturated heterocycles. The molecule has 0 saturated carbocycles. The summed E-state index contributed by atoms with van der Waals surface area (Å²) in [7, 11) is 0. The number of hydrogen-bond donors (Lipinski definition) is 2. The normalized spacial score (nSPS) is 18.4. The zero-order chi connectivity index (χ0) is 14.7. The van der Waals surface area contributed by atoms with Crippen LogP contribution < -0.4 is 10.6 Å². The Morgan fingerprint density at radius 1 is 1.52 bits per heavy atom. The molecule has 2 N–H and O–H groups in total. The van der Waals surface area contributed by atoms with Crippen LogP contribution in [0.3, 0.4) is 0 Å². The second-order valence-electron chi connectivity index (χ2n) is 4.76. The van der Waals surface area contributed by atoms with E-state index in [1.165, 1.54) is 0 Å². The fourth-order valence-electron chi connectivity index (χ4n) is 2.15. The molecule has 1 aliphatic rings. The number of aryl methyl sites for hydroxylation is 1. The van der Waals surface area contributed by atoms with Crippen molar-refractivity contribution >= 4 is 11.6 Å². The van der Waals surface area contributed by atoms with Gasteiger partial charge in [-0.25, -0.2) is 0 Å². The molecular formula is C13H16N6O2. The molecule has 1 unspecified atom stereocenters. The van der Waals surface area contributed by atoms with Crippen LogP contribution in [0.25, 0.3) is 5.69 Å². The van der Waals surface area contributed by atoms with Crippen molar-refractivity contribution in [3.8, 4) is 5.69 Å². The van der Waals surface area contributed by atoms with E-state index in [9.17, 15) is 4.79 Å². The van der Waals surface area contributed by atoms with Gasteiger partial charge in [0.25, 0.3) is 0 Å². The minimum atomic E-state index is -0.322. The Labute approximate surface area is 121 Å². The zero-order valence-corrected chi connectivity index (χ0v) is 11.6. The molecular weight excluding hydrogens is 272 g/mol. The summed E-state index contributed by atoms with van der Waals surface area (Å²) in [6.07, 6.45) is 0. The minimum absolute atomic E-state index is 0.111. The van der Waals surface area contributed by atoms with Gasteiger partial charge in [0.05, 0.1) is 18.9 Å². The Bertz CT molecular complexity index is 635. The highest BCUT2D eigenvalue weighted by Crippen LogP contribution is 2.15. The highest BCUT2D eigenvalue weighted by molar-refractivity contribution is 5.95. The summed E-state index contributed by atoms with van der Waals surface area (Å²) in [5, 5.41) is 17.3. The maximum atomic E-state index is 12.1. The number of nitrogens with one attached hydrogen (secondary N) is 2. The maximum Gasteiger partial charge on any atom is 0.243 e. The summed E-state index contributed by atoms with van der Waals surface area (Å²) in [4.78, 5) is 12.1. The lowest BCUT2D eigenvalue weighted by atomic mass is 10.2. The third kappa shape index (κ3) is 3.06. The van der Waals surface area contributed by atoms with Gasteiger partial charge < -0.3 is 15.4 Å². The third-order valence-corrected chi connectivity index (χ3v) is 3.22. The average Bonchev–Trinajstić information content (AvgIpc) is 2.94. The number of nitrogens with zero attached hydrogens (tertiary/aromatic N) is 4. The summed E-state index contributed by atoms with van der Waals surface area (Å²) in [6.45, 7) is 3.52. The molecule has 2 heterocycles. The predicted octanol–water partition coefficient (Wildman–Crippen LogP) is -0.102. The molecule has 3 rings (SSSR count). The van der Waals surface area contributed by atoms with E-state index in [0.29, 0.717) is 31.3 Å². The number of carbonyl (C=O) groups is 1. The number of rotatable bonds is 3. The maximum absolute atomic E-state index is 12.1. The molecule has 8 heteroatoms. The lowest BCUT2D eigenvalue weighted by Gasteiger charge is -2.22. The van der Waals surface area contributed by atoms with E-state index in [1.54, 1.807) is 4.68 Å². The van der Waals surface area contributed by atoms with E-state index in [2.05, 4.69) is 26.2 Å². The Morgan fingerprint density at radius 3 is 3.14 bits per heavy atom. The molecule has 1 aromatic carbocycles. The molecule has 1 aromatic heterocycles. The standard InChI is InChI=1S/C13H16N6O2/c1-9-16-17-18-19(9)11-4-2-3-10(7-11)15-13(20)12-8-21-6-5-14-12/h2-4,7,12,14H,5-6,8H2,1H3,(H,15,20). The van der Waals surface area contributed by atoms with Crippen molar-refractivity contribution in [2.24, 2.45) is 0 Å². The Kier molecular flexibility index (Phi) is 3.89. The zero-order valence-electron chi connectivity index (χ0n) is 11.6. The molecule has 1 aliphatic heterocycles. The van der Waals surface area contributed by atoms with Crippen LogP contribution in [0.2, 0.25) is 0 Å². The molecule has 8 nitrogen and oxygen atoms in total. The Balaban J connectivity index is 1.74. The van der Waals surface area contributed by atoms with Crippen LogP contribution in [0.4, 0.5) is 5.69 Å². The van der Waals surface area contributed by atoms with E-state index in [0.717, 1.165) is 5.69 Å². The van der Waals surface area contributed by atoms with Gasteiger partial charge in [-0.2, -0.15) is 4.68 Å². The summed E-state index contributed by atoms with van der Waals surface area (Å²) >= 11 is 0. The van der Waals surface area contributed by atoms with E-state index >= 15 is 0 Å². The van der Waals surface area contributed by atoms with Crippen LogP contribution in [0, 0.1) is 6.92 Å². The molecule has 2 aromatic rings. The monoisotopic (exact) mass is 288 g/mol. The van der Waals surface area contributed by atoms with E-state index in [4.69, 9.17) is 4.74 Å². The van der Waals surface area contributed by atoms with E-state index in [1.807, 2.05) is 31.2 Å². The van der Waals surface area contributed by atoms with Crippen LogP contribution in [-0.4, -0.2) is 51.9 Å². The number of anilines is 1. The number of hydrogen-bond acceptors (Lipinski definition) is 6. The summed E-state index contributed by atoms with van der Waals surface area (Å²) in [5.74, 6) is 0.570. The van der Waals surface area contributed by atoms with Crippen LogP contribution in [0.1, 0.15) is 5.82 Å². The van der Waals surface area contributed by atoms with E-state index < -0.39 is 0 Å². The summed E-state index contributed by atoms with van der Waals surface area (Å²) in [5.41, 5.74) is 1.49. The van der Waals surface area contributed by atoms with Crippen molar-refractivity contribution in [1.29, 1.82) is 0 Å². The van der Waals surface area contributed by atoms with Gasteiger partial charge in [0.1, 0.15) is 6.04 Å². The molecule has 0 bridgehead atoms. The van der Waals surface area contributed by atoms with Crippen LogP contribution in [0.15, 0.2) is 24.3 Å². The first-order chi connectivity index (χ1) is 10.2. The van der Waals surface area contributed by atoms with Gasteiger partial charge in [-0.15, -0.1) is 5.10 Å². The quantitative estimate of drug-likeness (QED) is 0.819. The lowest BCUT2D eigenvalue weighted by molar-refractivity contribution is -0.120. The van der Waals surface area contributed by atoms with Crippen molar-refractivity contribution in [3.63, 3.8) is 0 Å². The van der Waals surface area contributed by atoms with Crippen molar-refractivity contribution in [2.75, 3.05) is 25.1 Å². The molecule has 21 heavy (non-hydrogen) atoms. The minimum Gasteiger partial charge on any atom is -0.378 e. The van der Waals surface area contributed by atoms with Gasteiger partial charge in [-0.05, 0) is 35.5 Å². The molecule has 1 atom stereocenters. The van der Waals surface area contributed by atoms with Crippen LogP contribution in [-0.2, 0) is 9.53 Å². The first-order valence-corrected chi connectivity index (χ1v) is 6.71. The smallest absolute Gasteiger partial charge is 0.243 e. The first kappa shape index (κ1) is 13.7. The fraction of sp³-hybridized carbons (Fsp3) is 0.385. The first-order valence-electron chi connectivity index (χ1n) is 6.71. The SMILES string of the molecule is Cc1nnnn1-c1cccc(NC(=O)C2COCCN2)c1. The Hall–Kier alpha value is -2.32. The average molecular weight is 288 g/mol. The fourth-order valence-corrected chi connectivity index (χ4v) is 2.15. The highest BCUT2D eigenvalue weighted by atomic mass is 16.5. The number of benzene rings is 1. The van der Waals surface area contributed by atoms with Gasteiger partial charge in [0.15, 0.2) is 5.82 Å². The predicted molar refractivity (Wildman–Crippen MR) is 75.1 cm³/mol. The Morgan fingerprint density at radius 2 is 2.43 bits per heavy atom. The number of aromatic nitrogens is 4. The van der Waals surface area contributed by atoms with Crippen molar-refractivity contribution in [3.05, 3.63) is 30.1 Å². The van der Waals surface area contributed by atoms with Crippen molar-refractivity contribution in [1.82, 2.24) is 25.5 Å². The molecule has 0 spiro atoms. The molecule has 110 valence electrons. The molecule has 0 aliphatic carbocycles. The number of amides is 1. The van der Waals surface area contributed by atoms with Crippen molar-refractivity contribution in [2.45, 2.75) is 13.0 Å². The molecule has 1 fully saturated rings. The lowest BCUT2D eigenvalue weighted by Crippen LogP contribution is -2.48. The largest absolute Gasteiger partial charge is 0.378 e.